The molecule has 2 rings (SSSR count). The predicted octanol–water partition coefficient (Wildman–Crippen LogP) is 2.80. The number of aromatic nitrogens is 1. The van der Waals surface area contributed by atoms with E-state index in [1.165, 1.54) is 0 Å². The Balaban J connectivity index is 2.45. The third kappa shape index (κ3) is 2.76. The van der Waals surface area contributed by atoms with Gasteiger partial charge in [-0.15, -0.1) is 0 Å². The lowest BCUT2D eigenvalue weighted by molar-refractivity contribution is -0.136. The molecule has 0 saturated heterocycles. The summed E-state index contributed by atoms with van der Waals surface area (Å²) < 4.78 is 10.4. The van der Waals surface area contributed by atoms with Gasteiger partial charge < -0.3 is 14.5 Å². The number of hydrogen-bond acceptors (Lipinski definition) is 4. The monoisotopic (exact) mass is 261 g/mol. The molecule has 100 valence electrons. The molecule has 1 heterocycles. The van der Waals surface area contributed by atoms with Crippen molar-refractivity contribution in [2.45, 2.75) is 26.7 Å². The number of para-hydroxylation sites is 1. The zero-order chi connectivity index (χ0) is 13.8. The first-order valence-corrected chi connectivity index (χ1v) is 6.17. The fourth-order valence-electron chi connectivity index (χ4n) is 1.64. The van der Waals surface area contributed by atoms with Gasteiger partial charge in [0.2, 0.25) is 11.6 Å². The number of hydrogen-bond donors (Lipinski definition) is 1. The molecule has 0 radical (unpaired) electrons. The summed E-state index contributed by atoms with van der Waals surface area (Å²) in [4.78, 5) is 25.8. The highest BCUT2D eigenvalue weighted by molar-refractivity contribution is 5.92. The quantitative estimate of drug-likeness (QED) is 0.859. The minimum absolute atomic E-state index is 0.176. The van der Waals surface area contributed by atoms with Crippen LogP contribution in [0.15, 0.2) is 24.3 Å². The molecule has 1 aromatic heterocycles. The van der Waals surface area contributed by atoms with E-state index in [4.69, 9.17) is 9.47 Å². The van der Waals surface area contributed by atoms with Crippen molar-refractivity contribution in [1.29, 1.82) is 0 Å². The molecule has 0 aliphatic carbocycles. The van der Waals surface area contributed by atoms with Crippen LogP contribution in [0.4, 0.5) is 0 Å². The Hall–Kier alpha value is -2.30. The van der Waals surface area contributed by atoms with Crippen LogP contribution < -0.4 is 9.47 Å². The number of H-pyrrole nitrogens is 1. The number of benzene rings is 1. The molecule has 5 nitrogen and oxygen atoms in total. The van der Waals surface area contributed by atoms with E-state index >= 15 is 0 Å². The Kier molecular flexibility index (Phi) is 3.85. The minimum Gasteiger partial charge on any atom is -0.420 e. The van der Waals surface area contributed by atoms with Gasteiger partial charge >= 0.3 is 11.9 Å². The second-order valence-corrected chi connectivity index (χ2v) is 3.98. The van der Waals surface area contributed by atoms with Crippen molar-refractivity contribution in [2.24, 2.45) is 0 Å². The molecule has 0 amide bonds. The summed E-state index contributed by atoms with van der Waals surface area (Å²) in [6.07, 6.45) is 0.497. The third-order valence-corrected chi connectivity index (χ3v) is 2.64. The molecular formula is C14H15NO4. The maximum atomic E-state index is 11.5. The topological polar surface area (TPSA) is 68.4 Å². The van der Waals surface area contributed by atoms with Crippen molar-refractivity contribution in [2.75, 3.05) is 0 Å². The molecule has 0 unspecified atom stereocenters. The molecule has 2 aromatic rings. The molecule has 0 spiro atoms. The second-order valence-electron chi connectivity index (χ2n) is 3.98. The van der Waals surface area contributed by atoms with Gasteiger partial charge in [0.05, 0.1) is 5.52 Å². The molecule has 0 atom stereocenters. The van der Waals surface area contributed by atoms with Gasteiger partial charge in [-0.1, -0.05) is 26.0 Å². The zero-order valence-corrected chi connectivity index (χ0v) is 10.9. The van der Waals surface area contributed by atoms with Crippen LogP contribution in [-0.4, -0.2) is 16.9 Å². The summed E-state index contributed by atoms with van der Waals surface area (Å²) in [6, 6.07) is 7.29. The minimum atomic E-state index is -0.389. The normalized spacial score (nSPS) is 10.4. The summed E-state index contributed by atoms with van der Waals surface area (Å²) >= 11 is 0. The summed E-state index contributed by atoms with van der Waals surface area (Å²) in [5, 5.41) is 0.711. The van der Waals surface area contributed by atoms with E-state index in [0.29, 0.717) is 5.39 Å². The molecule has 0 aliphatic rings. The molecule has 1 aromatic carbocycles. The molecular weight excluding hydrogens is 246 g/mol. The van der Waals surface area contributed by atoms with Crippen molar-refractivity contribution in [1.82, 2.24) is 4.98 Å². The fourth-order valence-corrected chi connectivity index (χ4v) is 1.64. The van der Waals surface area contributed by atoms with Crippen LogP contribution in [0.3, 0.4) is 0 Å². The highest BCUT2D eigenvalue weighted by Crippen LogP contribution is 2.36. The van der Waals surface area contributed by atoms with Gasteiger partial charge in [0.1, 0.15) is 0 Å². The average Bonchev–Trinajstić information content (AvgIpc) is 2.76. The van der Waals surface area contributed by atoms with Crippen LogP contribution in [0.25, 0.3) is 10.9 Å². The van der Waals surface area contributed by atoms with E-state index in [9.17, 15) is 9.59 Å². The van der Waals surface area contributed by atoms with E-state index in [2.05, 4.69) is 4.98 Å². The number of carbonyl (C=O) groups is 2. The molecule has 0 fully saturated rings. The first kappa shape index (κ1) is 13.1. The highest BCUT2D eigenvalue weighted by atomic mass is 16.6. The van der Waals surface area contributed by atoms with Crippen molar-refractivity contribution < 1.29 is 19.1 Å². The largest absolute Gasteiger partial charge is 0.420 e. The Morgan fingerprint density at radius 3 is 2.37 bits per heavy atom. The first-order chi connectivity index (χ1) is 9.15. The molecule has 0 aliphatic heterocycles. The molecule has 1 N–H and O–H groups in total. The first-order valence-electron chi connectivity index (χ1n) is 6.17. The van der Waals surface area contributed by atoms with Crippen molar-refractivity contribution in [3.8, 4) is 11.6 Å². The van der Waals surface area contributed by atoms with Gasteiger partial charge in [-0.2, -0.15) is 0 Å². The maximum Gasteiger partial charge on any atom is 0.312 e. The highest BCUT2D eigenvalue weighted by Gasteiger charge is 2.18. The summed E-state index contributed by atoms with van der Waals surface area (Å²) in [5.41, 5.74) is 0.750. The molecule has 0 bridgehead atoms. The van der Waals surface area contributed by atoms with Crippen LogP contribution in [-0.2, 0) is 9.59 Å². The van der Waals surface area contributed by atoms with E-state index in [0.717, 1.165) is 5.52 Å². The van der Waals surface area contributed by atoms with Crippen LogP contribution in [0.2, 0.25) is 0 Å². The number of esters is 2. The Labute approximate surface area is 110 Å². The Bertz CT molecular complexity index is 615. The average molecular weight is 261 g/mol. The van der Waals surface area contributed by atoms with Crippen molar-refractivity contribution >= 4 is 22.8 Å². The van der Waals surface area contributed by atoms with Gasteiger partial charge in [0.25, 0.3) is 0 Å². The SMILES string of the molecule is CCC(=O)Oc1[nH]c2ccccc2c1OC(=O)CC. The fraction of sp³-hybridized carbons (Fsp3) is 0.286. The van der Waals surface area contributed by atoms with Crippen LogP contribution in [0.5, 0.6) is 11.6 Å². The smallest absolute Gasteiger partial charge is 0.312 e. The van der Waals surface area contributed by atoms with E-state index in [1.807, 2.05) is 18.2 Å². The van der Waals surface area contributed by atoms with E-state index in [-0.39, 0.29) is 36.4 Å². The van der Waals surface area contributed by atoms with Gasteiger partial charge in [-0.3, -0.25) is 9.59 Å². The van der Waals surface area contributed by atoms with Crippen LogP contribution in [0.1, 0.15) is 26.7 Å². The van der Waals surface area contributed by atoms with E-state index in [1.54, 1.807) is 19.9 Å². The second kappa shape index (κ2) is 5.56. The standard InChI is InChI=1S/C14H15NO4/c1-3-11(16)18-13-9-7-5-6-8-10(9)15-14(13)19-12(17)4-2/h5-8,15H,3-4H2,1-2H3. The third-order valence-electron chi connectivity index (χ3n) is 2.64. The van der Waals surface area contributed by atoms with Crippen LogP contribution >= 0.6 is 0 Å². The summed E-state index contributed by atoms with van der Waals surface area (Å²) in [5.74, 6) is -0.321. The van der Waals surface area contributed by atoms with Crippen LogP contribution in [0, 0.1) is 0 Å². The van der Waals surface area contributed by atoms with Gasteiger partial charge in [0, 0.05) is 18.2 Å². The molecule has 19 heavy (non-hydrogen) atoms. The lowest BCUT2D eigenvalue weighted by Crippen LogP contribution is -2.10. The summed E-state index contributed by atoms with van der Waals surface area (Å²) in [6.45, 7) is 3.40. The Morgan fingerprint density at radius 1 is 1.05 bits per heavy atom. The predicted molar refractivity (Wildman–Crippen MR) is 70.2 cm³/mol. The lowest BCUT2D eigenvalue weighted by Gasteiger charge is -2.05. The molecule has 5 heteroatoms. The van der Waals surface area contributed by atoms with E-state index < -0.39 is 0 Å². The lowest BCUT2D eigenvalue weighted by atomic mass is 10.2. The number of ether oxygens (including phenoxy) is 2. The van der Waals surface area contributed by atoms with Gasteiger partial charge in [-0.05, 0) is 12.1 Å². The number of carbonyl (C=O) groups excluding carboxylic acids is 2. The number of fused-ring (bicyclic) bond motifs is 1. The summed E-state index contributed by atoms with van der Waals surface area (Å²) in [7, 11) is 0. The van der Waals surface area contributed by atoms with Crippen molar-refractivity contribution in [3.05, 3.63) is 24.3 Å². The number of rotatable bonds is 4. The Morgan fingerprint density at radius 2 is 1.68 bits per heavy atom. The maximum absolute atomic E-state index is 11.5. The number of aromatic amines is 1. The van der Waals surface area contributed by atoms with Gasteiger partial charge in [0.15, 0.2) is 0 Å². The van der Waals surface area contributed by atoms with Gasteiger partial charge in [-0.25, -0.2) is 0 Å². The number of nitrogens with one attached hydrogen (secondary N) is 1. The zero-order valence-electron chi connectivity index (χ0n) is 10.9. The molecule has 0 saturated carbocycles. The van der Waals surface area contributed by atoms with Crippen molar-refractivity contribution in [3.63, 3.8) is 0 Å².